The zero-order chi connectivity index (χ0) is 19.4. The number of likely N-dealkylation sites (N-methyl/N-ethyl adjacent to an activating group) is 2. The first-order valence-corrected chi connectivity index (χ1v) is 9.24. The van der Waals surface area contributed by atoms with Crippen molar-refractivity contribution in [2.24, 2.45) is 0 Å². The van der Waals surface area contributed by atoms with E-state index in [0.717, 1.165) is 24.5 Å². The summed E-state index contributed by atoms with van der Waals surface area (Å²) >= 11 is 0. The summed E-state index contributed by atoms with van der Waals surface area (Å²) in [5.74, 6) is 0.573. The highest BCUT2D eigenvalue weighted by molar-refractivity contribution is 6.03. The Kier molecular flexibility index (Phi) is 5.81. The maximum Gasteiger partial charge on any atom is 0.251 e. The fourth-order valence-electron chi connectivity index (χ4n) is 3.45. The Hall–Kier alpha value is -2.80. The molecule has 1 aliphatic rings. The summed E-state index contributed by atoms with van der Waals surface area (Å²) in [6, 6.07) is 9.12. The smallest absolute Gasteiger partial charge is 0.251 e. The lowest BCUT2D eigenvalue weighted by molar-refractivity contribution is -0.115. The Morgan fingerprint density at radius 3 is 2.78 bits per heavy atom. The molecule has 0 saturated carbocycles. The Balaban J connectivity index is 1.73. The van der Waals surface area contributed by atoms with Crippen LogP contribution in [0.25, 0.3) is 0 Å². The first-order chi connectivity index (χ1) is 13.0. The molecule has 1 aliphatic heterocycles. The number of nitrogens with one attached hydrogen (secondary N) is 2. The third kappa shape index (κ3) is 4.14. The van der Waals surface area contributed by atoms with E-state index in [1.165, 1.54) is 0 Å². The van der Waals surface area contributed by atoms with Crippen molar-refractivity contribution < 1.29 is 14.0 Å². The summed E-state index contributed by atoms with van der Waals surface area (Å²) in [7, 11) is 1.86. The van der Waals surface area contributed by atoms with Gasteiger partial charge in [0.1, 0.15) is 5.76 Å². The number of nitrogens with zero attached hydrogens (tertiary/aromatic N) is 2. The van der Waals surface area contributed by atoms with E-state index in [1.54, 1.807) is 18.4 Å². The Morgan fingerprint density at radius 2 is 2.11 bits per heavy atom. The minimum absolute atomic E-state index is 0.0255. The molecule has 2 heterocycles. The molecule has 1 aromatic heterocycles. The number of carbonyl (C=O) groups excluding carboxylic acids is 2. The SMILES string of the molecule is CCN(CC)[C@H](CNC(=O)c1ccc2c(c1)NC(=O)CN2C)c1ccco1. The van der Waals surface area contributed by atoms with E-state index in [2.05, 4.69) is 29.4 Å². The van der Waals surface area contributed by atoms with E-state index >= 15 is 0 Å². The fourth-order valence-corrected chi connectivity index (χ4v) is 3.45. The Morgan fingerprint density at radius 1 is 1.33 bits per heavy atom. The molecule has 2 amide bonds. The summed E-state index contributed by atoms with van der Waals surface area (Å²) in [4.78, 5) is 28.5. The number of fused-ring (bicyclic) bond motifs is 1. The minimum atomic E-state index is -0.177. The summed E-state index contributed by atoms with van der Waals surface area (Å²) in [6.45, 7) is 6.64. The number of amides is 2. The average molecular weight is 370 g/mol. The molecule has 7 heteroatoms. The number of anilines is 2. The molecule has 2 aromatic rings. The maximum atomic E-state index is 12.7. The van der Waals surface area contributed by atoms with Crippen molar-refractivity contribution in [1.29, 1.82) is 0 Å². The van der Waals surface area contributed by atoms with Crippen LogP contribution in [0.3, 0.4) is 0 Å². The lowest BCUT2D eigenvalue weighted by atomic mass is 10.1. The summed E-state index contributed by atoms with van der Waals surface area (Å²) < 4.78 is 5.57. The van der Waals surface area contributed by atoms with Gasteiger partial charge in [-0.1, -0.05) is 13.8 Å². The van der Waals surface area contributed by atoms with Gasteiger partial charge >= 0.3 is 0 Å². The monoisotopic (exact) mass is 370 g/mol. The highest BCUT2D eigenvalue weighted by atomic mass is 16.3. The zero-order valence-corrected chi connectivity index (χ0v) is 16.0. The Labute approximate surface area is 159 Å². The third-order valence-electron chi connectivity index (χ3n) is 4.91. The van der Waals surface area contributed by atoms with E-state index in [1.807, 2.05) is 30.1 Å². The number of carbonyl (C=O) groups is 2. The molecule has 0 radical (unpaired) electrons. The normalized spacial score (nSPS) is 14.7. The molecule has 0 fully saturated rings. The molecule has 1 aromatic carbocycles. The van der Waals surface area contributed by atoms with Crippen LogP contribution in [0.15, 0.2) is 41.0 Å². The lowest BCUT2D eigenvalue weighted by Gasteiger charge is -2.29. The van der Waals surface area contributed by atoms with E-state index in [9.17, 15) is 9.59 Å². The van der Waals surface area contributed by atoms with Crippen molar-refractivity contribution in [3.05, 3.63) is 47.9 Å². The molecule has 2 N–H and O–H groups in total. The molecule has 0 aliphatic carbocycles. The van der Waals surface area contributed by atoms with Gasteiger partial charge in [-0.25, -0.2) is 0 Å². The van der Waals surface area contributed by atoms with E-state index < -0.39 is 0 Å². The van der Waals surface area contributed by atoms with Crippen LogP contribution in [0.4, 0.5) is 11.4 Å². The lowest BCUT2D eigenvalue weighted by Crippen LogP contribution is -2.38. The number of benzene rings is 1. The highest BCUT2D eigenvalue weighted by Gasteiger charge is 2.23. The largest absolute Gasteiger partial charge is 0.468 e. The second-order valence-electron chi connectivity index (χ2n) is 6.60. The number of hydrogen-bond acceptors (Lipinski definition) is 5. The molecule has 7 nitrogen and oxygen atoms in total. The van der Waals surface area contributed by atoms with Crippen molar-refractivity contribution in [2.75, 3.05) is 43.4 Å². The number of hydrogen-bond donors (Lipinski definition) is 2. The molecule has 0 bridgehead atoms. The van der Waals surface area contributed by atoms with Crippen LogP contribution in [0.5, 0.6) is 0 Å². The maximum absolute atomic E-state index is 12.7. The van der Waals surface area contributed by atoms with Crippen molar-refractivity contribution in [3.8, 4) is 0 Å². The molecular weight excluding hydrogens is 344 g/mol. The van der Waals surface area contributed by atoms with Crippen LogP contribution in [-0.4, -0.2) is 49.9 Å². The van der Waals surface area contributed by atoms with Gasteiger partial charge in [-0.3, -0.25) is 14.5 Å². The van der Waals surface area contributed by atoms with Crippen LogP contribution in [-0.2, 0) is 4.79 Å². The Bertz CT molecular complexity index is 800. The van der Waals surface area contributed by atoms with Gasteiger partial charge < -0.3 is 20.0 Å². The predicted octanol–water partition coefficient (Wildman–Crippen LogP) is 2.48. The molecule has 3 rings (SSSR count). The number of furan rings is 1. The van der Waals surface area contributed by atoms with E-state index in [0.29, 0.717) is 24.3 Å². The molecule has 1 atom stereocenters. The first-order valence-electron chi connectivity index (χ1n) is 9.24. The second-order valence-corrected chi connectivity index (χ2v) is 6.60. The summed E-state index contributed by atoms with van der Waals surface area (Å²) in [5, 5.41) is 5.82. The van der Waals surface area contributed by atoms with Gasteiger partial charge in [0.2, 0.25) is 5.91 Å². The quantitative estimate of drug-likeness (QED) is 0.783. The summed E-state index contributed by atoms with van der Waals surface area (Å²) in [5.41, 5.74) is 2.08. The van der Waals surface area contributed by atoms with E-state index in [-0.39, 0.29) is 17.9 Å². The van der Waals surface area contributed by atoms with Crippen LogP contribution in [0.1, 0.15) is 36.0 Å². The van der Waals surface area contributed by atoms with Crippen molar-refractivity contribution in [1.82, 2.24) is 10.2 Å². The molecule has 144 valence electrons. The van der Waals surface area contributed by atoms with Gasteiger partial charge in [0.05, 0.1) is 30.2 Å². The van der Waals surface area contributed by atoms with Crippen LogP contribution in [0, 0.1) is 0 Å². The van der Waals surface area contributed by atoms with E-state index in [4.69, 9.17) is 4.42 Å². The van der Waals surface area contributed by atoms with Crippen molar-refractivity contribution in [2.45, 2.75) is 19.9 Å². The van der Waals surface area contributed by atoms with Gasteiger partial charge in [0.25, 0.3) is 5.91 Å². The molecular formula is C20H26N4O3. The van der Waals surface area contributed by atoms with Gasteiger partial charge in [0.15, 0.2) is 0 Å². The van der Waals surface area contributed by atoms with Crippen molar-refractivity contribution in [3.63, 3.8) is 0 Å². The number of rotatable bonds is 7. The molecule has 0 unspecified atom stereocenters. The second kappa shape index (κ2) is 8.26. The van der Waals surface area contributed by atoms with Gasteiger partial charge in [-0.05, 0) is 43.4 Å². The van der Waals surface area contributed by atoms with Crippen molar-refractivity contribution >= 4 is 23.2 Å². The minimum Gasteiger partial charge on any atom is -0.468 e. The van der Waals surface area contributed by atoms with Gasteiger partial charge in [-0.15, -0.1) is 0 Å². The predicted molar refractivity (Wildman–Crippen MR) is 105 cm³/mol. The van der Waals surface area contributed by atoms with Gasteiger partial charge in [0, 0.05) is 19.2 Å². The first kappa shape index (κ1) is 19.0. The van der Waals surface area contributed by atoms with Gasteiger partial charge in [-0.2, -0.15) is 0 Å². The zero-order valence-electron chi connectivity index (χ0n) is 16.0. The summed E-state index contributed by atoms with van der Waals surface area (Å²) in [6.07, 6.45) is 1.65. The van der Waals surface area contributed by atoms with Crippen LogP contribution in [0.2, 0.25) is 0 Å². The fraction of sp³-hybridized carbons (Fsp3) is 0.400. The topological polar surface area (TPSA) is 77.8 Å². The highest BCUT2D eigenvalue weighted by Crippen LogP contribution is 2.29. The molecule has 0 spiro atoms. The van der Waals surface area contributed by atoms with Crippen LogP contribution >= 0.6 is 0 Å². The molecule has 0 saturated heterocycles. The molecule has 27 heavy (non-hydrogen) atoms. The van der Waals surface area contributed by atoms with Crippen LogP contribution < -0.4 is 15.5 Å². The average Bonchev–Trinajstić information content (AvgIpc) is 3.18. The standard InChI is InChI=1S/C20H26N4O3/c1-4-24(5-2)17(18-7-6-10-27-18)12-21-20(26)14-8-9-16-15(11-14)22-19(25)13-23(16)3/h6-11,17H,4-5,12-13H2,1-3H3,(H,21,26)(H,22,25)/t17-/m1/s1. The third-order valence-corrected chi connectivity index (χ3v) is 4.91.